The molecule has 0 atom stereocenters. The number of rotatable bonds is 5. The van der Waals surface area contributed by atoms with Gasteiger partial charge in [-0.3, -0.25) is 4.79 Å². The summed E-state index contributed by atoms with van der Waals surface area (Å²) in [6.07, 6.45) is 1.76. The molecule has 4 rings (SSSR count). The molecule has 0 N–H and O–H groups in total. The number of piperidine rings is 1. The quantitative estimate of drug-likeness (QED) is 0.552. The SMILES string of the molecule is COc1cc(C(=O)N2CCC(c3nc4cc(Cl)ccc4s3)CC2)cc(OC)c1OC. The van der Waals surface area contributed by atoms with E-state index >= 15 is 0 Å². The highest BCUT2D eigenvalue weighted by molar-refractivity contribution is 7.18. The van der Waals surface area contributed by atoms with Crippen LogP contribution in [0.4, 0.5) is 0 Å². The van der Waals surface area contributed by atoms with Gasteiger partial charge in [0.2, 0.25) is 5.75 Å². The second kappa shape index (κ2) is 8.70. The zero-order valence-electron chi connectivity index (χ0n) is 17.1. The highest BCUT2D eigenvalue weighted by Gasteiger charge is 2.28. The van der Waals surface area contributed by atoms with Gasteiger partial charge in [-0.1, -0.05) is 11.6 Å². The third kappa shape index (κ3) is 3.91. The molecule has 158 valence electrons. The van der Waals surface area contributed by atoms with Crippen molar-refractivity contribution in [3.05, 3.63) is 45.9 Å². The van der Waals surface area contributed by atoms with Crippen LogP contribution >= 0.6 is 22.9 Å². The second-order valence-corrected chi connectivity index (χ2v) is 8.64. The molecule has 0 radical (unpaired) electrons. The van der Waals surface area contributed by atoms with E-state index in [-0.39, 0.29) is 5.91 Å². The van der Waals surface area contributed by atoms with Crippen LogP contribution < -0.4 is 14.2 Å². The number of nitrogens with zero attached hydrogens (tertiary/aromatic N) is 2. The summed E-state index contributed by atoms with van der Waals surface area (Å²) in [4.78, 5) is 19.8. The summed E-state index contributed by atoms with van der Waals surface area (Å²) in [7, 11) is 4.63. The molecule has 6 nitrogen and oxygen atoms in total. The maximum Gasteiger partial charge on any atom is 0.254 e. The van der Waals surface area contributed by atoms with Crippen LogP contribution in [0.25, 0.3) is 10.2 Å². The van der Waals surface area contributed by atoms with Gasteiger partial charge in [-0.05, 0) is 43.2 Å². The van der Waals surface area contributed by atoms with Crippen molar-refractivity contribution in [3.63, 3.8) is 0 Å². The molecule has 0 spiro atoms. The Hall–Kier alpha value is -2.51. The Labute approximate surface area is 184 Å². The number of aromatic nitrogens is 1. The normalized spacial score (nSPS) is 14.7. The topological polar surface area (TPSA) is 60.9 Å². The van der Waals surface area contributed by atoms with Crippen molar-refractivity contribution >= 4 is 39.1 Å². The molecule has 0 saturated carbocycles. The lowest BCUT2D eigenvalue weighted by Crippen LogP contribution is -2.37. The average Bonchev–Trinajstić information content (AvgIpc) is 3.20. The molecule has 1 fully saturated rings. The van der Waals surface area contributed by atoms with Crippen LogP contribution in [0.15, 0.2) is 30.3 Å². The van der Waals surface area contributed by atoms with Crippen molar-refractivity contribution in [1.29, 1.82) is 0 Å². The molecule has 8 heteroatoms. The lowest BCUT2D eigenvalue weighted by molar-refractivity contribution is 0.0712. The zero-order valence-corrected chi connectivity index (χ0v) is 18.7. The van der Waals surface area contributed by atoms with Crippen molar-refractivity contribution in [3.8, 4) is 17.2 Å². The summed E-state index contributed by atoms with van der Waals surface area (Å²) in [6.45, 7) is 1.35. The number of carbonyl (C=O) groups excluding carboxylic acids is 1. The van der Waals surface area contributed by atoms with E-state index in [2.05, 4.69) is 0 Å². The smallest absolute Gasteiger partial charge is 0.254 e. The fraction of sp³-hybridized carbons (Fsp3) is 0.364. The molecule has 1 aromatic heterocycles. The predicted molar refractivity (Wildman–Crippen MR) is 119 cm³/mol. The Morgan fingerprint density at radius 3 is 2.33 bits per heavy atom. The van der Waals surface area contributed by atoms with Crippen LogP contribution in [0.5, 0.6) is 17.2 Å². The first-order valence-corrected chi connectivity index (χ1v) is 10.9. The van der Waals surface area contributed by atoms with Crippen LogP contribution in [-0.2, 0) is 0 Å². The van der Waals surface area contributed by atoms with Crippen LogP contribution in [0.1, 0.15) is 34.1 Å². The van der Waals surface area contributed by atoms with Gasteiger partial charge in [0.1, 0.15) is 0 Å². The van der Waals surface area contributed by atoms with Gasteiger partial charge in [0.15, 0.2) is 11.5 Å². The van der Waals surface area contributed by atoms with Gasteiger partial charge in [0.05, 0.1) is 36.6 Å². The van der Waals surface area contributed by atoms with E-state index in [9.17, 15) is 4.79 Å². The van der Waals surface area contributed by atoms with Crippen molar-refractivity contribution in [2.75, 3.05) is 34.4 Å². The first-order chi connectivity index (χ1) is 14.5. The van der Waals surface area contributed by atoms with Crippen LogP contribution in [0, 0.1) is 0 Å². The Morgan fingerprint density at radius 2 is 1.73 bits per heavy atom. The summed E-state index contributed by atoms with van der Waals surface area (Å²) < 4.78 is 17.2. The maximum absolute atomic E-state index is 13.1. The van der Waals surface area contributed by atoms with E-state index < -0.39 is 0 Å². The molecular formula is C22H23ClN2O4S. The van der Waals surface area contributed by atoms with E-state index in [1.807, 2.05) is 23.1 Å². The Kier molecular flexibility index (Phi) is 6.01. The highest BCUT2D eigenvalue weighted by atomic mass is 35.5. The molecule has 1 aliphatic heterocycles. The van der Waals surface area contributed by atoms with Crippen molar-refractivity contribution in [2.45, 2.75) is 18.8 Å². The van der Waals surface area contributed by atoms with E-state index in [0.29, 0.717) is 46.8 Å². The van der Waals surface area contributed by atoms with Crippen LogP contribution in [0.2, 0.25) is 5.02 Å². The molecule has 0 bridgehead atoms. The van der Waals surface area contributed by atoms with Gasteiger partial charge in [0, 0.05) is 29.6 Å². The number of hydrogen-bond donors (Lipinski definition) is 0. The number of likely N-dealkylation sites (tertiary alicyclic amines) is 1. The Morgan fingerprint density at radius 1 is 1.07 bits per heavy atom. The van der Waals surface area contributed by atoms with E-state index in [0.717, 1.165) is 28.1 Å². The van der Waals surface area contributed by atoms with Crippen molar-refractivity contribution < 1.29 is 19.0 Å². The monoisotopic (exact) mass is 446 g/mol. The van der Waals surface area contributed by atoms with Gasteiger partial charge >= 0.3 is 0 Å². The summed E-state index contributed by atoms with van der Waals surface area (Å²) in [5.74, 6) is 1.74. The molecule has 0 unspecified atom stereocenters. The molecule has 2 heterocycles. The van der Waals surface area contributed by atoms with E-state index in [1.165, 1.54) is 0 Å². The number of carbonyl (C=O) groups is 1. The first kappa shape index (κ1) is 20.8. The number of amides is 1. The summed E-state index contributed by atoms with van der Waals surface area (Å²) in [5.41, 5.74) is 1.47. The minimum absolute atomic E-state index is 0.0382. The van der Waals surface area contributed by atoms with Crippen molar-refractivity contribution in [2.24, 2.45) is 0 Å². The predicted octanol–water partition coefficient (Wildman–Crippen LogP) is 5.00. The minimum atomic E-state index is -0.0382. The lowest BCUT2D eigenvalue weighted by Gasteiger charge is -2.31. The van der Waals surface area contributed by atoms with E-state index in [4.69, 9.17) is 30.8 Å². The number of ether oxygens (including phenoxy) is 3. The fourth-order valence-corrected chi connectivity index (χ4v) is 5.09. The van der Waals surface area contributed by atoms with Gasteiger partial charge in [-0.2, -0.15) is 0 Å². The van der Waals surface area contributed by atoms with Crippen molar-refractivity contribution in [1.82, 2.24) is 9.88 Å². The average molecular weight is 447 g/mol. The zero-order chi connectivity index (χ0) is 21.3. The van der Waals surface area contributed by atoms with Gasteiger partial charge in [-0.25, -0.2) is 4.98 Å². The number of benzene rings is 2. The number of hydrogen-bond acceptors (Lipinski definition) is 6. The Balaban J connectivity index is 1.49. The summed E-state index contributed by atoms with van der Waals surface area (Å²) >= 11 is 7.80. The standard InChI is InChI=1S/C22H23ClN2O4S/c1-27-17-10-14(11-18(28-2)20(17)29-3)22(26)25-8-6-13(7-9-25)21-24-16-12-15(23)4-5-19(16)30-21/h4-5,10-13H,6-9H2,1-3H3. The van der Waals surface area contributed by atoms with Gasteiger partial charge in [-0.15, -0.1) is 11.3 Å². The largest absolute Gasteiger partial charge is 0.493 e. The Bertz CT molecular complexity index is 1050. The summed E-state index contributed by atoms with van der Waals surface area (Å²) in [5, 5.41) is 1.82. The molecule has 1 amide bonds. The molecule has 3 aromatic rings. The number of methoxy groups -OCH3 is 3. The van der Waals surface area contributed by atoms with Gasteiger partial charge in [0.25, 0.3) is 5.91 Å². The van der Waals surface area contributed by atoms with Gasteiger partial charge < -0.3 is 19.1 Å². The third-order valence-electron chi connectivity index (χ3n) is 5.41. The van der Waals surface area contributed by atoms with E-state index in [1.54, 1.807) is 44.8 Å². The number of thiazole rings is 1. The lowest BCUT2D eigenvalue weighted by atomic mass is 9.97. The molecule has 1 saturated heterocycles. The third-order valence-corrected chi connectivity index (χ3v) is 6.84. The first-order valence-electron chi connectivity index (χ1n) is 9.69. The summed E-state index contributed by atoms with van der Waals surface area (Å²) in [6, 6.07) is 9.21. The minimum Gasteiger partial charge on any atom is -0.493 e. The highest BCUT2D eigenvalue weighted by Crippen LogP contribution is 2.39. The number of fused-ring (bicyclic) bond motifs is 1. The molecule has 2 aromatic carbocycles. The van der Waals surface area contributed by atoms with Crippen LogP contribution in [-0.4, -0.2) is 50.2 Å². The molecule has 30 heavy (non-hydrogen) atoms. The number of halogens is 1. The van der Waals surface area contributed by atoms with Crippen LogP contribution in [0.3, 0.4) is 0 Å². The molecule has 0 aliphatic carbocycles. The molecule has 1 aliphatic rings. The second-order valence-electron chi connectivity index (χ2n) is 7.14. The molecular weight excluding hydrogens is 424 g/mol. The maximum atomic E-state index is 13.1. The fourth-order valence-electron chi connectivity index (χ4n) is 3.81.